The number of anilines is 2. The van der Waals surface area contributed by atoms with Gasteiger partial charge in [-0.25, -0.2) is 4.98 Å². The van der Waals surface area contributed by atoms with Crippen LogP contribution in [0.2, 0.25) is 5.28 Å². The van der Waals surface area contributed by atoms with E-state index in [1.54, 1.807) is 13.4 Å². The highest BCUT2D eigenvalue weighted by molar-refractivity contribution is 9.10. The smallest absolute Gasteiger partial charge is 0.226 e. The lowest BCUT2D eigenvalue weighted by molar-refractivity contribution is 0.412. The largest absolute Gasteiger partial charge is 0.496 e. The fraction of sp³-hybridized carbons (Fsp3) is 0.0833. The van der Waals surface area contributed by atoms with Crippen LogP contribution in [0.25, 0.3) is 11.2 Å². The van der Waals surface area contributed by atoms with Crippen molar-refractivity contribution in [3.8, 4) is 5.75 Å². The molecule has 20 heavy (non-hydrogen) atoms. The number of rotatable bonds is 3. The van der Waals surface area contributed by atoms with Crippen LogP contribution >= 0.6 is 27.5 Å². The summed E-state index contributed by atoms with van der Waals surface area (Å²) < 4.78 is 6.03. The Bertz CT molecular complexity index is 776. The Morgan fingerprint density at radius 2 is 2.20 bits per heavy atom. The number of methoxy groups -OCH3 is 1. The molecule has 0 amide bonds. The third-order valence-corrected chi connectivity index (χ3v) is 3.46. The molecule has 8 heteroatoms. The van der Waals surface area contributed by atoms with Gasteiger partial charge in [-0.05, 0) is 45.7 Å². The molecule has 0 saturated carbocycles. The Labute approximate surface area is 127 Å². The van der Waals surface area contributed by atoms with Gasteiger partial charge in [0.05, 0.1) is 17.9 Å². The van der Waals surface area contributed by atoms with Gasteiger partial charge in [-0.1, -0.05) is 0 Å². The minimum absolute atomic E-state index is 0.139. The topological polar surface area (TPSA) is 75.7 Å². The molecule has 0 unspecified atom stereocenters. The molecule has 1 aromatic carbocycles. The Morgan fingerprint density at radius 1 is 1.35 bits per heavy atom. The van der Waals surface area contributed by atoms with Crippen LogP contribution in [0.1, 0.15) is 0 Å². The Kier molecular flexibility index (Phi) is 3.45. The van der Waals surface area contributed by atoms with Crippen LogP contribution < -0.4 is 10.1 Å². The standard InChI is InChI=1S/C12H9BrClN5O/c1-20-8-3-2-6(4-7(8)13)17-11-9-10(16-5-15-9)18-12(14)19-11/h2-5H,1H3,(H2,15,16,17,18,19). The van der Waals surface area contributed by atoms with Crippen molar-refractivity contribution in [2.45, 2.75) is 0 Å². The van der Waals surface area contributed by atoms with E-state index in [2.05, 4.69) is 41.2 Å². The molecule has 3 aromatic rings. The fourth-order valence-corrected chi connectivity index (χ4v) is 2.48. The number of fused-ring (bicyclic) bond motifs is 1. The number of aromatic amines is 1. The number of nitrogens with zero attached hydrogens (tertiary/aromatic N) is 3. The molecule has 2 heterocycles. The predicted octanol–water partition coefficient (Wildman–Crippen LogP) is 3.52. The number of H-pyrrole nitrogens is 1. The quantitative estimate of drug-likeness (QED) is 0.704. The van der Waals surface area contributed by atoms with Crippen LogP contribution in [-0.2, 0) is 0 Å². The molecule has 0 aliphatic rings. The third-order valence-electron chi connectivity index (χ3n) is 2.67. The number of aromatic nitrogens is 4. The molecule has 0 aliphatic carbocycles. The zero-order chi connectivity index (χ0) is 14.1. The van der Waals surface area contributed by atoms with Gasteiger partial charge in [0.2, 0.25) is 5.28 Å². The maximum absolute atomic E-state index is 5.88. The van der Waals surface area contributed by atoms with Crippen LogP contribution in [0.3, 0.4) is 0 Å². The number of hydrogen-bond donors (Lipinski definition) is 2. The molecular formula is C12H9BrClN5O. The van der Waals surface area contributed by atoms with Crippen LogP contribution in [0, 0.1) is 0 Å². The van der Waals surface area contributed by atoms with E-state index < -0.39 is 0 Å². The van der Waals surface area contributed by atoms with Gasteiger partial charge in [0.25, 0.3) is 0 Å². The summed E-state index contributed by atoms with van der Waals surface area (Å²) in [5.41, 5.74) is 2.05. The number of halogens is 2. The van der Waals surface area contributed by atoms with E-state index in [1.807, 2.05) is 18.2 Å². The average Bonchev–Trinajstić information content (AvgIpc) is 2.87. The van der Waals surface area contributed by atoms with Gasteiger partial charge >= 0.3 is 0 Å². The second-order valence-corrected chi connectivity index (χ2v) is 5.11. The molecule has 0 aliphatic heterocycles. The lowest BCUT2D eigenvalue weighted by Gasteiger charge is -2.09. The van der Waals surface area contributed by atoms with Crippen molar-refractivity contribution in [3.05, 3.63) is 34.3 Å². The van der Waals surface area contributed by atoms with Crippen molar-refractivity contribution in [1.82, 2.24) is 19.9 Å². The average molecular weight is 355 g/mol. The number of imidazole rings is 1. The summed E-state index contributed by atoms with van der Waals surface area (Å²) in [6, 6.07) is 5.61. The highest BCUT2D eigenvalue weighted by Crippen LogP contribution is 2.30. The van der Waals surface area contributed by atoms with Crippen molar-refractivity contribution in [2.24, 2.45) is 0 Å². The van der Waals surface area contributed by atoms with Gasteiger partial charge in [-0.3, -0.25) is 0 Å². The summed E-state index contributed by atoms with van der Waals surface area (Å²) >= 11 is 9.31. The minimum atomic E-state index is 0.139. The summed E-state index contributed by atoms with van der Waals surface area (Å²) in [5.74, 6) is 1.32. The fourth-order valence-electron chi connectivity index (χ4n) is 1.78. The van der Waals surface area contributed by atoms with Crippen molar-refractivity contribution in [1.29, 1.82) is 0 Å². The van der Waals surface area contributed by atoms with E-state index in [1.165, 1.54) is 0 Å². The van der Waals surface area contributed by atoms with Gasteiger partial charge in [0, 0.05) is 5.69 Å². The number of hydrogen-bond acceptors (Lipinski definition) is 5. The van der Waals surface area contributed by atoms with Crippen LogP contribution in [0.5, 0.6) is 5.75 Å². The highest BCUT2D eigenvalue weighted by atomic mass is 79.9. The molecule has 0 saturated heterocycles. The monoisotopic (exact) mass is 353 g/mol. The van der Waals surface area contributed by atoms with E-state index in [4.69, 9.17) is 16.3 Å². The van der Waals surface area contributed by atoms with Crippen molar-refractivity contribution in [3.63, 3.8) is 0 Å². The van der Waals surface area contributed by atoms with E-state index in [0.717, 1.165) is 15.9 Å². The minimum Gasteiger partial charge on any atom is -0.496 e. The zero-order valence-corrected chi connectivity index (χ0v) is 12.7. The Balaban J connectivity index is 2.00. The summed E-state index contributed by atoms with van der Waals surface area (Å²) in [4.78, 5) is 15.2. The SMILES string of the molecule is COc1ccc(Nc2nc(Cl)nc3nc[nH]c23)cc1Br. The summed E-state index contributed by atoms with van der Waals surface area (Å²) in [5, 5.41) is 3.31. The maximum Gasteiger partial charge on any atom is 0.226 e. The van der Waals surface area contributed by atoms with E-state index >= 15 is 0 Å². The molecule has 0 fully saturated rings. The second-order valence-electron chi connectivity index (χ2n) is 3.92. The van der Waals surface area contributed by atoms with E-state index in [0.29, 0.717) is 17.0 Å². The lowest BCUT2D eigenvalue weighted by Crippen LogP contribution is -1.97. The summed E-state index contributed by atoms with van der Waals surface area (Å²) in [6.07, 6.45) is 1.55. The first-order valence-corrected chi connectivity index (χ1v) is 6.81. The highest BCUT2D eigenvalue weighted by Gasteiger charge is 2.10. The molecular weight excluding hydrogens is 346 g/mol. The molecule has 0 atom stereocenters. The lowest BCUT2D eigenvalue weighted by atomic mass is 10.3. The summed E-state index contributed by atoms with van der Waals surface area (Å²) in [7, 11) is 1.62. The molecule has 2 aromatic heterocycles. The Hall–Kier alpha value is -1.86. The number of nitrogens with one attached hydrogen (secondary N) is 2. The maximum atomic E-state index is 5.88. The van der Waals surface area contributed by atoms with Gasteiger partial charge in [-0.2, -0.15) is 9.97 Å². The third kappa shape index (κ3) is 2.41. The first-order valence-electron chi connectivity index (χ1n) is 5.64. The van der Waals surface area contributed by atoms with Gasteiger partial charge < -0.3 is 15.0 Å². The van der Waals surface area contributed by atoms with Crippen LogP contribution in [0.15, 0.2) is 29.0 Å². The molecule has 2 N–H and O–H groups in total. The van der Waals surface area contributed by atoms with Crippen molar-refractivity contribution < 1.29 is 4.74 Å². The molecule has 6 nitrogen and oxygen atoms in total. The molecule has 102 valence electrons. The normalized spacial score (nSPS) is 10.8. The second kappa shape index (κ2) is 5.26. The summed E-state index contributed by atoms with van der Waals surface area (Å²) in [6.45, 7) is 0. The van der Waals surface area contributed by atoms with E-state index in [9.17, 15) is 0 Å². The molecule has 0 bridgehead atoms. The zero-order valence-electron chi connectivity index (χ0n) is 10.3. The van der Waals surface area contributed by atoms with Crippen molar-refractivity contribution in [2.75, 3.05) is 12.4 Å². The van der Waals surface area contributed by atoms with Gasteiger partial charge in [0.15, 0.2) is 11.5 Å². The van der Waals surface area contributed by atoms with Crippen LogP contribution in [0.4, 0.5) is 11.5 Å². The first kappa shape index (κ1) is 13.1. The Morgan fingerprint density at radius 3 is 2.95 bits per heavy atom. The number of benzene rings is 1. The number of ether oxygens (including phenoxy) is 1. The van der Waals surface area contributed by atoms with E-state index in [-0.39, 0.29) is 5.28 Å². The van der Waals surface area contributed by atoms with Crippen LogP contribution in [-0.4, -0.2) is 27.0 Å². The van der Waals surface area contributed by atoms with Gasteiger partial charge in [0.1, 0.15) is 11.3 Å². The molecule has 0 radical (unpaired) electrons. The van der Waals surface area contributed by atoms with Crippen molar-refractivity contribution >= 4 is 50.2 Å². The molecule has 3 rings (SSSR count). The van der Waals surface area contributed by atoms with Gasteiger partial charge in [-0.15, -0.1) is 0 Å². The molecule has 0 spiro atoms. The predicted molar refractivity (Wildman–Crippen MR) is 80.7 cm³/mol. The first-order chi connectivity index (χ1) is 9.67.